The fourth-order valence-electron chi connectivity index (χ4n) is 3.42. The Bertz CT molecular complexity index is 1210. The molecule has 1 aliphatic rings. The summed E-state index contributed by atoms with van der Waals surface area (Å²) in [7, 11) is 0. The van der Waals surface area contributed by atoms with E-state index in [1.54, 1.807) is 37.3 Å². The zero-order valence-electron chi connectivity index (χ0n) is 18.1. The monoisotopic (exact) mass is 450 g/mol. The lowest BCUT2D eigenvalue weighted by atomic mass is 9.99. The third-order valence-electron chi connectivity index (χ3n) is 5.57. The van der Waals surface area contributed by atoms with Crippen molar-refractivity contribution in [3.63, 3.8) is 0 Å². The van der Waals surface area contributed by atoms with E-state index in [4.69, 9.17) is 5.73 Å². The number of nitrogens with two attached hydrogens (primary N) is 1. The number of hydrogen-bond donors (Lipinski definition) is 3. The molecule has 0 spiro atoms. The summed E-state index contributed by atoms with van der Waals surface area (Å²) in [6, 6.07) is 10.8. The van der Waals surface area contributed by atoms with Crippen LogP contribution in [0.3, 0.4) is 0 Å². The van der Waals surface area contributed by atoms with Crippen LogP contribution in [0.1, 0.15) is 50.2 Å². The quantitative estimate of drug-likeness (QED) is 0.512. The van der Waals surface area contributed by atoms with Gasteiger partial charge in [0, 0.05) is 42.0 Å². The SMILES string of the molecule is Cc1ccc(CNC(=O)c2ccc(-c3cc(C(=O)NC4CC4)cc(F)c3CN)nc2)cc1F. The number of nitrogens with one attached hydrogen (secondary N) is 2. The fourth-order valence-corrected chi connectivity index (χ4v) is 3.42. The number of carbonyl (C=O) groups is 2. The molecule has 8 heteroatoms. The molecule has 33 heavy (non-hydrogen) atoms. The molecule has 170 valence electrons. The molecule has 1 fully saturated rings. The zero-order chi connectivity index (χ0) is 23.5. The summed E-state index contributed by atoms with van der Waals surface area (Å²) in [5.74, 6) is -1.63. The predicted octanol–water partition coefficient (Wildman–Crippen LogP) is 3.62. The van der Waals surface area contributed by atoms with E-state index in [1.807, 2.05) is 0 Å². The molecule has 1 heterocycles. The highest BCUT2D eigenvalue weighted by Crippen LogP contribution is 2.27. The molecule has 0 saturated heterocycles. The molecule has 6 nitrogen and oxygen atoms in total. The third kappa shape index (κ3) is 5.23. The number of pyridine rings is 1. The van der Waals surface area contributed by atoms with E-state index in [2.05, 4.69) is 15.6 Å². The lowest BCUT2D eigenvalue weighted by Gasteiger charge is -2.12. The number of rotatable bonds is 7. The van der Waals surface area contributed by atoms with Crippen LogP contribution in [0.5, 0.6) is 0 Å². The summed E-state index contributed by atoms with van der Waals surface area (Å²) in [6.45, 7) is 1.77. The largest absolute Gasteiger partial charge is 0.349 e. The number of aromatic nitrogens is 1. The van der Waals surface area contributed by atoms with Crippen molar-refractivity contribution in [2.45, 2.75) is 38.9 Å². The van der Waals surface area contributed by atoms with Gasteiger partial charge in [-0.2, -0.15) is 0 Å². The van der Waals surface area contributed by atoms with Crippen LogP contribution in [0, 0.1) is 18.6 Å². The Morgan fingerprint density at radius 1 is 1.03 bits per heavy atom. The Balaban J connectivity index is 1.51. The van der Waals surface area contributed by atoms with Crippen LogP contribution >= 0.6 is 0 Å². The van der Waals surface area contributed by atoms with Gasteiger partial charge in [-0.05, 0) is 61.2 Å². The van der Waals surface area contributed by atoms with Gasteiger partial charge in [-0.1, -0.05) is 12.1 Å². The molecule has 1 saturated carbocycles. The standard InChI is InChI=1S/C25H24F2N4O2/c1-14-2-3-15(8-21(14)26)12-30-24(32)16-4-7-23(29-13-16)19-9-17(10-22(27)20(19)11-28)25(33)31-18-5-6-18/h2-4,7-10,13,18H,5-6,11-12,28H2,1H3,(H,30,32)(H,31,33). The second-order valence-corrected chi connectivity index (χ2v) is 8.13. The Morgan fingerprint density at radius 3 is 2.45 bits per heavy atom. The summed E-state index contributed by atoms with van der Waals surface area (Å²) in [5.41, 5.74) is 8.44. The highest BCUT2D eigenvalue weighted by Gasteiger charge is 2.25. The average molecular weight is 450 g/mol. The maximum absolute atomic E-state index is 14.7. The van der Waals surface area contributed by atoms with Gasteiger partial charge in [-0.3, -0.25) is 14.6 Å². The predicted molar refractivity (Wildman–Crippen MR) is 120 cm³/mol. The van der Waals surface area contributed by atoms with Crippen molar-refractivity contribution in [3.05, 3.63) is 88.1 Å². The van der Waals surface area contributed by atoms with Gasteiger partial charge in [-0.25, -0.2) is 8.78 Å². The van der Waals surface area contributed by atoms with E-state index in [1.165, 1.54) is 18.3 Å². The van der Waals surface area contributed by atoms with Crippen molar-refractivity contribution < 1.29 is 18.4 Å². The molecule has 0 aliphatic heterocycles. The topological polar surface area (TPSA) is 97.1 Å². The van der Waals surface area contributed by atoms with Gasteiger partial charge in [-0.15, -0.1) is 0 Å². The molecular weight excluding hydrogens is 426 g/mol. The molecule has 2 amide bonds. The van der Waals surface area contributed by atoms with Crippen molar-refractivity contribution >= 4 is 11.8 Å². The Morgan fingerprint density at radius 2 is 1.82 bits per heavy atom. The van der Waals surface area contributed by atoms with E-state index >= 15 is 0 Å². The van der Waals surface area contributed by atoms with Crippen LogP contribution in [0.2, 0.25) is 0 Å². The average Bonchev–Trinajstić information content (AvgIpc) is 3.63. The van der Waals surface area contributed by atoms with Gasteiger partial charge < -0.3 is 16.4 Å². The van der Waals surface area contributed by atoms with Gasteiger partial charge in [0.1, 0.15) is 11.6 Å². The molecule has 4 rings (SSSR count). The molecule has 0 atom stereocenters. The highest BCUT2D eigenvalue weighted by atomic mass is 19.1. The molecule has 0 radical (unpaired) electrons. The number of halogens is 2. The molecular formula is C25H24F2N4O2. The maximum Gasteiger partial charge on any atom is 0.253 e. The lowest BCUT2D eigenvalue weighted by Crippen LogP contribution is -2.25. The van der Waals surface area contributed by atoms with E-state index in [-0.39, 0.29) is 47.9 Å². The van der Waals surface area contributed by atoms with Crippen LogP contribution in [0.15, 0.2) is 48.7 Å². The molecule has 0 bridgehead atoms. The van der Waals surface area contributed by atoms with E-state index < -0.39 is 5.82 Å². The van der Waals surface area contributed by atoms with Gasteiger partial charge >= 0.3 is 0 Å². The second kappa shape index (κ2) is 9.46. The normalized spacial score (nSPS) is 13.0. The van der Waals surface area contributed by atoms with Crippen molar-refractivity contribution in [3.8, 4) is 11.3 Å². The first-order valence-corrected chi connectivity index (χ1v) is 10.7. The van der Waals surface area contributed by atoms with Gasteiger partial charge in [0.15, 0.2) is 0 Å². The van der Waals surface area contributed by atoms with Gasteiger partial charge in [0.25, 0.3) is 11.8 Å². The van der Waals surface area contributed by atoms with E-state index in [0.29, 0.717) is 27.9 Å². The Labute approximate surface area is 190 Å². The van der Waals surface area contributed by atoms with Crippen molar-refractivity contribution in [1.29, 1.82) is 0 Å². The van der Waals surface area contributed by atoms with Crippen LogP contribution in [0.4, 0.5) is 8.78 Å². The molecule has 2 aromatic carbocycles. The first-order chi connectivity index (χ1) is 15.9. The summed E-state index contributed by atoms with van der Waals surface area (Å²) >= 11 is 0. The van der Waals surface area contributed by atoms with Crippen LogP contribution in [0.25, 0.3) is 11.3 Å². The van der Waals surface area contributed by atoms with Crippen molar-refractivity contribution in [1.82, 2.24) is 15.6 Å². The molecule has 0 unspecified atom stereocenters. The highest BCUT2D eigenvalue weighted by molar-refractivity contribution is 5.96. The molecule has 3 aromatic rings. The number of aryl methyl sites for hydroxylation is 1. The number of benzene rings is 2. The van der Waals surface area contributed by atoms with Gasteiger partial charge in [0.05, 0.1) is 11.3 Å². The summed E-state index contributed by atoms with van der Waals surface area (Å²) < 4.78 is 28.3. The number of hydrogen-bond acceptors (Lipinski definition) is 4. The van der Waals surface area contributed by atoms with Crippen LogP contribution in [-0.2, 0) is 13.1 Å². The molecule has 1 aliphatic carbocycles. The number of nitrogens with zero attached hydrogens (tertiary/aromatic N) is 1. The van der Waals surface area contributed by atoms with Crippen LogP contribution in [-0.4, -0.2) is 22.8 Å². The Hall–Kier alpha value is -3.65. The third-order valence-corrected chi connectivity index (χ3v) is 5.57. The maximum atomic E-state index is 14.7. The minimum absolute atomic E-state index is 0.0667. The number of carbonyl (C=O) groups excluding carboxylic acids is 2. The summed E-state index contributed by atoms with van der Waals surface area (Å²) in [5, 5.41) is 5.56. The van der Waals surface area contributed by atoms with E-state index in [0.717, 1.165) is 12.8 Å². The minimum atomic E-state index is -0.579. The van der Waals surface area contributed by atoms with Crippen molar-refractivity contribution in [2.75, 3.05) is 0 Å². The van der Waals surface area contributed by atoms with Crippen molar-refractivity contribution in [2.24, 2.45) is 5.73 Å². The lowest BCUT2D eigenvalue weighted by molar-refractivity contribution is 0.0942. The smallest absolute Gasteiger partial charge is 0.253 e. The minimum Gasteiger partial charge on any atom is -0.349 e. The number of amides is 2. The van der Waals surface area contributed by atoms with Crippen LogP contribution < -0.4 is 16.4 Å². The fraction of sp³-hybridized carbons (Fsp3) is 0.240. The van der Waals surface area contributed by atoms with E-state index in [9.17, 15) is 18.4 Å². The Kier molecular flexibility index (Phi) is 6.46. The summed E-state index contributed by atoms with van der Waals surface area (Å²) in [4.78, 5) is 29.2. The summed E-state index contributed by atoms with van der Waals surface area (Å²) in [6.07, 6.45) is 3.22. The van der Waals surface area contributed by atoms with Gasteiger partial charge in [0.2, 0.25) is 0 Å². The second-order valence-electron chi connectivity index (χ2n) is 8.13. The molecule has 1 aromatic heterocycles. The zero-order valence-corrected chi connectivity index (χ0v) is 18.1. The first kappa shape index (κ1) is 22.5. The molecule has 4 N–H and O–H groups in total. The first-order valence-electron chi connectivity index (χ1n) is 10.7.